The van der Waals surface area contributed by atoms with Crippen LogP contribution in [0.3, 0.4) is 0 Å². The van der Waals surface area contributed by atoms with E-state index in [1.165, 1.54) is 26.4 Å². The minimum absolute atomic E-state index is 0.336. The molecule has 4 nitrogen and oxygen atoms in total. The molecule has 2 aromatic rings. The van der Waals surface area contributed by atoms with Gasteiger partial charge in [-0.15, -0.1) is 0 Å². The second kappa shape index (κ2) is 5.72. The summed E-state index contributed by atoms with van der Waals surface area (Å²) in [6.07, 6.45) is 5.30. The van der Waals surface area contributed by atoms with Crippen molar-refractivity contribution in [1.29, 1.82) is 0 Å². The SMILES string of the molecule is COC(=O)c1cnc(N2CCCC[C@H]2C)c2ccccc12. The highest BCUT2D eigenvalue weighted by molar-refractivity contribution is 6.07. The largest absolute Gasteiger partial charge is 0.465 e. The molecule has 0 saturated carbocycles. The van der Waals surface area contributed by atoms with Crippen molar-refractivity contribution in [1.82, 2.24) is 4.98 Å². The molecule has 0 spiro atoms. The predicted octanol–water partition coefficient (Wildman–Crippen LogP) is 3.40. The summed E-state index contributed by atoms with van der Waals surface area (Å²) in [5.74, 6) is 0.641. The highest BCUT2D eigenvalue weighted by Crippen LogP contribution is 2.31. The third-order valence-corrected chi connectivity index (χ3v) is 4.25. The molecule has 0 bridgehead atoms. The Bertz CT molecular complexity index is 669. The molecule has 1 aromatic carbocycles. The van der Waals surface area contributed by atoms with E-state index in [4.69, 9.17) is 4.74 Å². The van der Waals surface area contributed by atoms with Crippen molar-refractivity contribution in [3.05, 3.63) is 36.0 Å². The molecule has 0 radical (unpaired) electrons. The minimum atomic E-state index is -0.336. The summed E-state index contributed by atoms with van der Waals surface area (Å²) < 4.78 is 4.86. The Balaban J connectivity index is 2.14. The van der Waals surface area contributed by atoms with Gasteiger partial charge in [0.15, 0.2) is 0 Å². The molecule has 4 heteroatoms. The molecule has 2 heterocycles. The number of hydrogen-bond donors (Lipinski definition) is 0. The molecule has 1 saturated heterocycles. The number of carbonyl (C=O) groups is 1. The highest BCUT2D eigenvalue weighted by Gasteiger charge is 2.23. The standard InChI is InChI=1S/C17H20N2O2/c1-12-7-5-6-10-19(12)16-14-9-4-3-8-13(14)15(11-18-16)17(20)21-2/h3-4,8-9,11-12H,5-7,10H2,1-2H3/t12-/m1/s1. The number of fused-ring (bicyclic) bond motifs is 1. The lowest BCUT2D eigenvalue weighted by Gasteiger charge is -2.35. The van der Waals surface area contributed by atoms with E-state index in [-0.39, 0.29) is 5.97 Å². The van der Waals surface area contributed by atoms with Gasteiger partial charge < -0.3 is 9.64 Å². The van der Waals surface area contributed by atoms with Crippen LogP contribution in [0.1, 0.15) is 36.5 Å². The molecule has 110 valence electrons. The molecule has 0 amide bonds. The van der Waals surface area contributed by atoms with Gasteiger partial charge in [-0.1, -0.05) is 24.3 Å². The second-order valence-electron chi connectivity index (χ2n) is 5.57. The van der Waals surface area contributed by atoms with Crippen molar-refractivity contribution < 1.29 is 9.53 Å². The highest BCUT2D eigenvalue weighted by atomic mass is 16.5. The molecule has 0 aliphatic carbocycles. The Morgan fingerprint density at radius 3 is 2.76 bits per heavy atom. The molecular formula is C17H20N2O2. The van der Waals surface area contributed by atoms with Crippen molar-refractivity contribution in [2.45, 2.75) is 32.2 Å². The molecule has 1 fully saturated rings. The van der Waals surface area contributed by atoms with Gasteiger partial charge in [0.1, 0.15) is 5.82 Å². The van der Waals surface area contributed by atoms with Crippen molar-refractivity contribution in [2.75, 3.05) is 18.6 Å². The Kier molecular flexibility index (Phi) is 3.78. The fourth-order valence-corrected chi connectivity index (χ4v) is 3.09. The van der Waals surface area contributed by atoms with E-state index in [1.807, 2.05) is 24.3 Å². The number of nitrogens with zero attached hydrogens (tertiary/aromatic N) is 2. The third kappa shape index (κ3) is 2.46. The van der Waals surface area contributed by atoms with Gasteiger partial charge in [-0.3, -0.25) is 0 Å². The van der Waals surface area contributed by atoms with Gasteiger partial charge in [0, 0.05) is 29.6 Å². The maximum Gasteiger partial charge on any atom is 0.340 e. The van der Waals surface area contributed by atoms with Crippen molar-refractivity contribution in [3.8, 4) is 0 Å². The summed E-state index contributed by atoms with van der Waals surface area (Å²) in [6, 6.07) is 8.41. The molecule has 21 heavy (non-hydrogen) atoms. The molecular weight excluding hydrogens is 264 g/mol. The zero-order valence-corrected chi connectivity index (χ0v) is 12.5. The zero-order chi connectivity index (χ0) is 14.8. The number of aromatic nitrogens is 1. The summed E-state index contributed by atoms with van der Waals surface area (Å²) in [5.41, 5.74) is 0.529. The molecule has 1 aliphatic rings. The molecule has 1 aliphatic heterocycles. The van der Waals surface area contributed by atoms with E-state index in [0.717, 1.165) is 23.1 Å². The van der Waals surface area contributed by atoms with Crippen LogP contribution in [-0.4, -0.2) is 30.6 Å². The van der Waals surface area contributed by atoms with Crippen LogP contribution in [0, 0.1) is 0 Å². The monoisotopic (exact) mass is 284 g/mol. The van der Waals surface area contributed by atoms with Crippen molar-refractivity contribution >= 4 is 22.6 Å². The normalized spacial score (nSPS) is 18.8. The number of anilines is 1. The number of methoxy groups -OCH3 is 1. The first-order valence-electron chi connectivity index (χ1n) is 7.45. The smallest absolute Gasteiger partial charge is 0.340 e. The number of carbonyl (C=O) groups excluding carboxylic acids is 1. The fraction of sp³-hybridized carbons (Fsp3) is 0.412. The lowest BCUT2D eigenvalue weighted by atomic mass is 10.0. The van der Waals surface area contributed by atoms with E-state index >= 15 is 0 Å². The van der Waals surface area contributed by atoms with Crippen molar-refractivity contribution in [3.63, 3.8) is 0 Å². The molecule has 0 N–H and O–H groups in total. The first-order chi connectivity index (χ1) is 10.2. The van der Waals surface area contributed by atoms with Crippen LogP contribution in [-0.2, 0) is 4.74 Å². The Morgan fingerprint density at radius 2 is 2.05 bits per heavy atom. The van der Waals surface area contributed by atoms with E-state index in [1.54, 1.807) is 6.20 Å². The predicted molar refractivity (Wildman–Crippen MR) is 83.7 cm³/mol. The summed E-state index contributed by atoms with van der Waals surface area (Å²) in [4.78, 5) is 18.8. The maximum absolute atomic E-state index is 11.9. The van der Waals surface area contributed by atoms with E-state index in [2.05, 4.69) is 16.8 Å². The van der Waals surface area contributed by atoms with E-state index < -0.39 is 0 Å². The number of pyridine rings is 1. The summed E-state index contributed by atoms with van der Waals surface area (Å²) in [5, 5.41) is 1.93. The second-order valence-corrected chi connectivity index (χ2v) is 5.57. The number of esters is 1. The first kappa shape index (κ1) is 13.9. The molecule has 1 atom stereocenters. The molecule has 0 unspecified atom stereocenters. The van der Waals surface area contributed by atoms with Crippen LogP contribution in [0.4, 0.5) is 5.82 Å². The van der Waals surface area contributed by atoms with Gasteiger partial charge in [0.25, 0.3) is 0 Å². The number of ether oxygens (including phenoxy) is 1. The first-order valence-corrected chi connectivity index (χ1v) is 7.45. The quantitative estimate of drug-likeness (QED) is 0.793. The maximum atomic E-state index is 11.9. The third-order valence-electron chi connectivity index (χ3n) is 4.25. The molecule has 1 aromatic heterocycles. The Morgan fingerprint density at radius 1 is 1.29 bits per heavy atom. The topological polar surface area (TPSA) is 42.4 Å². The van der Waals surface area contributed by atoms with Crippen LogP contribution >= 0.6 is 0 Å². The number of hydrogen-bond acceptors (Lipinski definition) is 4. The minimum Gasteiger partial charge on any atom is -0.465 e. The van der Waals surface area contributed by atoms with Crippen LogP contribution in [0.5, 0.6) is 0 Å². The van der Waals surface area contributed by atoms with Gasteiger partial charge in [0.05, 0.1) is 12.7 Å². The van der Waals surface area contributed by atoms with Gasteiger partial charge in [-0.25, -0.2) is 9.78 Å². The number of piperidine rings is 1. The van der Waals surface area contributed by atoms with Crippen LogP contribution < -0.4 is 4.90 Å². The summed E-state index contributed by atoms with van der Waals surface area (Å²) >= 11 is 0. The van der Waals surface area contributed by atoms with Crippen LogP contribution in [0.2, 0.25) is 0 Å². The number of benzene rings is 1. The van der Waals surface area contributed by atoms with Gasteiger partial charge in [0.2, 0.25) is 0 Å². The van der Waals surface area contributed by atoms with E-state index in [0.29, 0.717) is 11.6 Å². The average Bonchev–Trinajstić information content (AvgIpc) is 2.54. The Labute approximate surface area is 124 Å². The van der Waals surface area contributed by atoms with Crippen LogP contribution in [0.15, 0.2) is 30.5 Å². The van der Waals surface area contributed by atoms with Gasteiger partial charge in [-0.2, -0.15) is 0 Å². The summed E-state index contributed by atoms with van der Waals surface area (Å²) in [7, 11) is 1.40. The van der Waals surface area contributed by atoms with Crippen LogP contribution in [0.25, 0.3) is 10.8 Å². The van der Waals surface area contributed by atoms with Gasteiger partial charge >= 0.3 is 5.97 Å². The zero-order valence-electron chi connectivity index (χ0n) is 12.5. The Hall–Kier alpha value is -2.10. The number of rotatable bonds is 2. The van der Waals surface area contributed by atoms with Gasteiger partial charge in [-0.05, 0) is 26.2 Å². The van der Waals surface area contributed by atoms with E-state index in [9.17, 15) is 4.79 Å². The van der Waals surface area contributed by atoms with Crippen molar-refractivity contribution in [2.24, 2.45) is 0 Å². The fourth-order valence-electron chi connectivity index (χ4n) is 3.09. The average molecular weight is 284 g/mol. The lowest BCUT2D eigenvalue weighted by molar-refractivity contribution is 0.0602. The molecule has 3 rings (SSSR count). The summed E-state index contributed by atoms with van der Waals surface area (Å²) in [6.45, 7) is 3.26. The lowest BCUT2D eigenvalue weighted by Crippen LogP contribution is -2.38.